The normalized spacial score (nSPS) is 17.0. The Morgan fingerprint density at radius 2 is 2.25 bits per heavy atom. The molecule has 1 aromatic heterocycles. The van der Waals surface area contributed by atoms with E-state index in [1.807, 2.05) is 0 Å². The van der Waals surface area contributed by atoms with E-state index in [2.05, 4.69) is 37.2 Å². The molecular weight excluding hydrogens is 482 g/mol. The fraction of sp³-hybridized carbons (Fsp3) is 0.312. The number of anilines is 1. The summed E-state index contributed by atoms with van der Waals surface area (Å²) in [5, 5.41) is 3.39. The average Bonchev–Trinajstić information content (AvgIpc) is 3.17. The van der Waals surface area contributed by atoms with Crippen LogP contribution in [0.1, 0.15) is 22.5 Å². The third kappa shape index (κ3) is 4.52. The van der Waals surface area contributed by atoms with Crippen LogP contribution < -0.4 is 10.1 Å². The molecule has 2 heterocycles. The van der Waals surface area contributed by atoms with Crippen molar-refractivity contribution in [1.82, 2.24) is 0 Å². The number of hydrogen-bond donors (Lipinski definition) is 1. The van der Waals surface area contributed by atoms with Crippen molar-refractivity contribution >= 4 is 66.4 Å². The van der Waals surface area contributed by atoms with Crippen LogP contribution in [0.4, 0.5) is 5.69 Å². The molecule has 1 aromatic carbocycles. The number of thiophene rings is 1. The van der Waals surface area contributed by atoms with E-state index in [4.69, 9.17) is 21.1 Å². The predicted molar refractivity (Wildman–Crippen MR) is 104 cm³/mol. The van der Waals surface area contributed by atoms with Crippen molar-refractivity contribution in [1.29, 1.82) is 0 Å². The van der Waals surface area contributed by atoms with Crippen LogP contribution >= 0.6 is 54.8 Å². The summed E-state index contributed by atoms with van der Waals surface area (Å²) in [6.45, 7) is 1.24. The lowest BCUT2D eigenvalue weighted by Gasteiger charge is -2.15. The monoisotopic (exact) mass is 493 g/mol. The summed E-state index contributed by atoms with van der Waals surface area (Å²) < 4.78 is 13.1. The minimum absolute atomic E-state index is 0.105. The summed E-state index contributed by atoms with van der Waals surface area (Å²) in [7, 11) is 0. The molecular formula is C16H14Br2ClNO3S. The Balaban J connectivity index is 1.73. The predicted octanol–water partition coefficient (Wildman–Crippen LogP) is 5.74. The summed E-state index contributed by atoms with van der Waals surface area (Å²) >= 11 is 14.2. The van der Waals surface area contributed by atoms with E-state index in [1.165, 1.54) is 11.3 Å². The Labute approximate surface area is 165 Å². The van der Waals surface area contributed by atoms with E-state index in [-0.39, 0.29) is 12.0 Å². The van der Waals surface area contributed by atoms with Crippen molar-refractivity contribution < 1.29 is 14.3 Å². The van der Waals surface area contributed by atoms with Gasteiger partial charge >= 0.3 is 0 Å². The van der Waals surface area contributed by atoms with Crippen LogP contribution in [0.5, 0.6) is 5.75 Å². The van der Waals surface area contributed by atoms with Crippen LogP contribution in [0.25, 0.3) is 0 Å². The maximum absolute atomic E-state index is 12.4. The standard InChI is InChI=1S/C16H14Br2ClNO3S/c17-11-7-14(24-15(11)18)16(21)20-12-6-9(19)3-4-13(12)23-8-10-2-1-5-22-10/h3-4,6-7,10H,1-2,5,8H2,(H,20,21). The molecule has 1 N–H and O–H groups in total. The number of rotatable bonds is 5. The first kappa shape index (κ1) is 18.2. The van der Waals surface area contributed by atoms with Crippen LogP contribution in [0.2, 0.25) is 5.02 Å². The quantitative estimate of drug-likeness (QED) is 0.576. The van der Waals surface area contributed by atoms with Crippen LogP contribution in [0, 0.1) is 0 Å². The minimum Gasteiger partial charge on any atom is -0.489 e. The Morgan fingerprint density at radius 3 is 2.92 bits per heavy atom. The molecule has 24 heavy (non-hydrogen) atoms. The van der Waals surface area contributed by atoms with E-state index in [0.717, 1.165) is 27.7 Å². The highest BCUT2D eigenvalue weighted by atomic mass is 79.9. The third-order valence-electron chi connectivity index (χ3n) is 3.51. The van der Waals surface area contributed by atoms with E-state index in [1.54, 1.807) is 24.3 Å². The summed E-state index contributed by atoms with van der Waals surface area (Å²) in [4.78, 5) is 13.0. The van der Waals surface area contributed by atoms with Crippen molar-refractivity contribution in [2.24, 2.45) is 0 Å². The second-order valence-corrected chi connectivity index (χ2v) is 8.93. The van der Waals surface area contributed by atoms with Gasteiger partial charge in [0.25, 0.3) is 5.91 Å². The number of benzene rings is 1. The largest absolute Gasteiger partial charge is 0.489 e. The molecule has 1 atom stereocenters. The number of amides is 1. The molecule has 4 nitrogen and oxygen atoms in total. The van der Waals surface area contributed by atoms with Gasteiger partial charge in [-0.3, -0.25) is 4.79 Å². The number of nitrogens with one attached hydrogen (secondary N) is 1. The summed E-state index contributed by atoms with van der Waals surface area (Å²) in [6, 6.07) is 6.94. The highest BCUT2D eigenvalue weighted by Gasteiger charge is 2.18. The van der Waals surface area contributed by atoms with E-state index < -0.39 is 0 Å². The maximum Gasteiger partial charge on any atom is 0.265 e. The second kappa shape index (κ2) is 8.19. The molecule has 1 aliphatic rings. The Morgan fingerprint density at radius 1 is 1.42 bits per heavy atom. The first-order valence-corrected chi connectivity index (χ1v) is 10.1. The maximum atomic E-state index is 12.4. The molecule has 2 aromatic rings. The topological polar surface area (TPSA) is 47.6 Å². The number of carbonyl (C=O) groups excluding carboxylic acids is 1. The lowest BCUT2D eigenvalue weighted by Crippen LogP contribution is -2.18. The van der Waals surface area contributed by atoms with E-state index >= 15 is 0 Å². The van der Waals surface area contributed by atoms with E-state index in [0.29, 0.717) is 27.9 Å². The van der Waals surface area contributed by atoms with Gasteiger partial charge in [-0.15, -0.1) is 11.3 Å². The molecule has 0 aliphatic carbocycles. The summed E-state index contributed by atoms with van der Waals surface area (Å²) in [5.41, 5.74) is 0.547. The van der Waals surface area contributed by atoms with Crippen LogP contribution in [0.3, 0.4) is 0 Å². The molecule has 0 bridgehead atoms. The summed E-state index contributed by atoms with van der Waals surface area (Å²) in [6.07, 6.45) is 2.15. The fourth-order valence-electron chi connectivity index (χ4n) is 2.33. The molecule has 1 aliphatic heterocycles. The zero-order valence-corrected chi connectivity index (χ0v) is 17.2. The van der Waals surface area contributed by atoms with Crippen molar-refractivity contribution in [3.8, 4) is 5.75 Å². The van der Waals surface area contributed by atoms with Crippen molar-refractivity contribution in [3.05, 3.63) is 42.4 Å². The van der Waals surface area contributed by atoms with Gasteiger partial charge in [-0.2, -0.15) is 0 Å². The minimum atomic E-state index is -0.212. The van der Waals surface area contributed by atoms with Crippen LogP contribution in [0.15, 0.2) is 32.5 Å². The molecule has 0 spiro atoms. The average molecular weight is 496 g/mol. The molecule has 3 rings (SSSR count). The van der Waals surface area contributed by atoms with E-state index in [9.17, 15) is 4.79 Å². The van der Waals surface area contributed by atoms with Crippen molar-refractivity contribution in [2.75, 3.05) is 18.5 Å². The van der Waals surface area contributed by atoms with Gasteiger partial charge in [-0.1, -0.05) is 11.6 Å². The molecule has 1 fully saturated rings. The number of carbonyl (C=O) groups is 1. The van der Waals surface area contributed by atoms with Gasteiger partial charge in [-0.25, -0.2) is 0 Å². The molecule has 1 amide bonds. The Bertz CT molecular complexity index is 727. The lowest BCUT2D eigenvalue weighted by atomic mass is 10.2. The van der Waals surface area contributed by atoms with Gasteiger partial charge in [0.2, 0.25) is 0 Å². The number of ether oxygens (including phenoxy) is 2. The molecule has 1 saturated heterocycles. The number of hydrogen-bond acceptors (Lipinski definition) is 4. The fourth-order valence-corrected chi connectivity index (χ4v) is 4.43. The number of halogens is 3. The molecule has 128 valence electrons. The first-order valence-electron chi connectivity index (χ1n) is 7.33. The van der Waals surface area contributed by atoms with Gasteiger partial charge in [0.05, 0.1) is 20.5 Å². The third-order valence-corrected chi connectivity index (χ3v) is 7.00. The Kier molecular flexibility index (Phi) is 6.21. The van der Waals surface area contributed by atoms with Crippen molar-refractivity contribution in [3.63, 3.8) is 0 Å². The van der Waals surface area contributed by atoms with Gasteiger partial charge in [-0.05, 0) is 69.0 Å². The van der Waals surface area contributed by atoms with Crippen molar-refractivity contribution in [2.45, 2.75) is 18.9 Å². The first-order chi connectivity index (χ1) is 11.5. The smallest absolute Gasteiger partial charge is 0.265 e. The SMILES string of the molecule is O=C(Nc1cc(Cl)ccc1OCC1CCCO1)c1cc(Br)c(Br)s1. The molecule has 0 radical (unpaired) electrons. The zero-order chi connectivity index (χ0) is 17.1. The van der Waals surface area contributed by atoms with Crippen LogP contribution in [-0.4, -0.2) is 25.2 Å². The van der Waals surface area contributed by atoms with Gasteiger partial charge in [0.1, 0.15) is 12.4 Å². The molecule has 8 heteroatoms. The molecule has 1 unspecified atom stereocenters. The van der Waals surface area contributed by atoms with Crippen LogP contribution in [-0.2, 0) is 4.74 Å². The summed E-state index contributed by atoms with van der Waals surface area (Å²) in [5.74, 6) is 0.369. The Hall–Kier alpha value is -0.600. The molecule has 0 saturated carbocycles. The highest BCUT2D eigenvalue weighted by molar-refractivity contribution is 9.13. The van der Waals surface area contributed by atoms with Gasteiger partial charge in [0, 0.05) is 16.1 Å². The highest BCUT2D eigenvalue weighted by Crippen LogP contribution is 2.34. The lowest BCUT2D eigenvalue weighted by molar-refractivity contribution is 0.0682. The second-order valence-electron chi connectivity index (χ2n) is 5.27. The van der Waals surface area contributed by atoms with Gasteiger partial charge < -0.3 is 14.8 Å². The van der Waals surface area contributed by atoms with Gasteiger partial charge in [0.15, 0.2) is 0 Å². The zero-order valence-electron chi connectivity index (χ0n) is 12.5.